The Morgan fingerprint density at radius 3 is 2.55 bits per heavy atom. The van der Waals surface area contributed by atoms with Crippen LogP contribution in [-0.4, -0.2) is 53.3 Å². The molecule has 11 nitrogen and oxygen atoms in total. The van der Waals surface area contributed by atoms with Gasteiger partial charge in [-0.15, -0.1) is 10.2 Å². The number of hydrogen-bond acceptors (Lipinski definition) is 8. The quantitative estimate of drug-likeness (QED) is 0.229. The molecule has 4 rings (SSSR count). The molecule has 4 N–H and O–H groups in total. The molecule has 0 bridgehead atoms. The second-order valence-electron chi connectivity index (χ2n) is 8.75. The van der Waals surface area contributed by atoms with Crippen molar-refractivity contribution in [2.45, 2.75) is 51.8 Å². The summed E-state index contributed by atoms with van der Waals surface area (Å²) in [5.41, 5.74) is 9.98. The number of rotatable bonds is 12. The number of imidazole rings is 1. The molecule has 0 aliphatic heterocycles. The summed E-state index contributed by atoms with van der Waals surface area (Å²) in [5, 5.41) is 23.5. The average molecular weight is 538 g/mol. The van der Waals surface area contributed by atoms with Gasteiger partial charge in [-0.05, 0) is 28.3 Å². The van der Waals surface area contributed by atoms with E-state index in [1.165, 1.54) is 0 Å². The van der Waals surface area contributed by atoms with Gasteiger partial charge in [0.2, 0.25) is 5.82 Å². The standard InChI is InChI=1S/C26H28ClN7O4/c1-2-3-8-22-29-24(27)21(15-38-26(37)20(28)13-23(35)36)34(22)14-16-9-11-17(12-10-16)18-6-4-5-7-19(18)25-30-32-33-31-25/h4-7,9-12,20H,2-3,8,13-15,28H2,1H3,(H,35,36)(H,30,31,32,33)/t20-/m0/s1. The number of hydrogen-bond donors (Lipinski definition) is 3. The van der Waals surface area contributed by atoms with E-state index in [2.05, 4.69) is 32.5 Å². The lowest BCUT2D eigenvalue weighted by molar-refractivity contribution is -0.150. The Bertz CT molecular complexity index is 1390. The Hall–Kier alpha value is -4.09. The van der Waals surface area contributed by atoms with Crippen molar-refractivity contribution in [2.75, 3.05) is 0 Å². The highest BCUT2D eigenvalue weighted by Crippen LogP contribution is 2.30. The Morgan fingerprint density at radius 2 is 1.89 bits per heavy atom. The Kier molecular flexibility index (Phi) is 8.82. The third-order valence-corrected chi connectivity index (χ3v) is 6.33. The van der Waals surface area contributed by atoms with Crippen molar-refractivity contribution >= 4 is 23.5 Å². The smallest absolute Gasteiger partial charge is 0.323 e. The van der Waals surface area contributed by atoms with E-state index in [0.717, 1.165) is 40.9 Å². The molecule has 0 amide bonds. The first-order valence-corrected chi connectivity index (χ1v) is 12.5. The zero-order valence-corrected chi connectivity index (χ0v) is 21.6. The zero-order valence-electron chi connectivity index (χ0n) is 20.8. The highest BCUT2D eigenvalue weighted by molar-refractivity contribution is 6.30. The number of nitrogens with one attached hydrogen (secondary N) is 1. The first-order chi connectivity index (χ1) is 18.4. The second-order valence-corrected chi connectivity index (χ2v) is 9.10. The number of aliphatic carboxylic acids is 1. The number of carboxylic acids is 1. The molecule has 2 heterocycles. The van der Waals surface area contributed by atoms with Gasteiger partial charge in [0.25, 0.3) is 0 Å². The van der Waals surface area contributed by atoms with E-state index in [9.17, 15) is 9.59 Å². The van der Waals surface area contributed by atoms with E-state index >= 15 is 0 Å². The number of nitrogens with two attached hydrogens (primary N) is 1. The lowest BCUT2D eigenvalue weighted by atomic mass is 9.98. The van der Waals surface area contributed by atoms with Crippen LogP contribution in [-0.2, 0) is 33.9 Å². The van der Waals surface area contributed by atoms with E-state index < -0.39 is 24.4 Å². The lowest BCUT2D eigenvalue weighted by Gasteiger charge is -2.15. The van der Waals surface area contributed by atoms with Gasteiger partial charge in [-0.25, -0.2) is 4.98 Å². The van der Waals surface area contributed by atoms with E-state index in [1.54, 1.807) is 0 Å². The first kappa shape index (κ1) is 27.0. The van der Waals surface area contributed by atoms with Crippen LogP contribution in [0.1, 0.15) is 43.3 Å². The predicted octanol–water partition coefficient (Wildman–Crippen LogP) is 3.62. The molecule has 0 unspecified atom stereocenters. The van der Waals surface area contributed by atoms with E-state index in [1.807, 2.05) is 53.1 Å². The lowest BCUT2D eigenvalue weighted by Crippen LogP contribution is -2.34. The van der Waals surface area contributed by atoms with Crippen LogP contribution < -0.4 is 5.73 Å². The molecule has 38 heavy (non-hydrogen) atoms. The van der Waals surface area contributed by atoms with E-state index in [0.29, 0.717) is 24.5 Å². The van der Waals surface area contributed by atoms with Crippen molar-refractivity contribution in [3.05, 3.63) is 70.8 Å². The molecule has 0 aliphatic rings. The molecule has 0 fully saturated rings. The minimum atomic E-state index is -1.26. The number of carbonyl (C=O) groups excluding carboxylic acids is 1. The Morgan fingerprint density at radius 1 is 1.16 bits per heavy atom. The summed E-state index contributed by atoms with van der Waals surface area (Å²) in [5.74, 6) is -0.691. The number of unbranched alkanes of at least 4 members (excludes halogenated alkanes) is 1. The van der Waals surface area contributed by atoms with Gasteiger partial charge < -0.3 is 20.1 Å². The van der Waals surface area contributed by atoms with Crippen LogP contribution in [0.5, 0.6) is 0 Å². The first-order valence-electron chi connectivity index (χ1n) is 12.2. The summed E-state index contributed by atoms with van der Waals surface area (Å²) < 4.78 is 7.24. The molecule has 1 atom stereocenters. The fourth-order valence-electron chi connectivity index (χ4n) is 4.05. The number of ether oxygens (including phenoxy) is 1. The van der Waals surface area contributed by atoms with Gasteiger partial charge in [0.1, 0.15) is 18.5 Å². The molecule has 2 aromatic carbocycles. The number of aryl methyl sites for hydroxylation is 1. The van der Waals surface area contributed by atoms with Crippen LogP contribution in [0.25, 0.3) is 22.5 Å². The summed E-state index contributed by atoms with van der Waals surface area (Å²) >= 11 is 6.45. The fraction of sp³-hybridized carbons (Fsp3) is 0.308. The topological polar surface area (TPSA) is 162 Å². The Balaban J connectivity index is 1.57. The molecular weight excluding hydrogens is 510 g/mol. The van der Waals surface area contributed by atoms with Gasteiger partial charge in [0.15, 0.2) is 5.15 Å². The highest BCUT2D eigenvalue weighted by atomic mass is 35.5. The molecule has 12 heteroatoms. The number of aromatic nitrogens is 6. The molecule has 2 aromatic heterocycles. The van der Waals surface area contributed by atoms with Crippen molar-refractivity contribution in [3.63, 3.8) is 0 Å². The van der Waals surface area contributed by atoms with Crippen LogP contribution >= 0.6 is 11.6 Å². The largest absolute Gasteiger partial charge is 0.481 e. The zero-order chi connectivity index (χ0) is 27.1. The van der Waals surface area contributed by atoms with Crippen LogP contribution in [0.15, 0.2) is 48.5 Å². The average Bonchev–Trinajstić information content (AvgIpc) is 3.54. The highest BCUT2D eigenvalue weighted by Gasteiger charge is 2.22. The van der Waals surface area contributed by atoms with Gasteiger partial charge in [-0.1, -0.05) is 73.5 Å². The normalized spacial score (nSPS) is 11.9. The number of carboxylic acid groups (broad SMARTS) is 1. The molecule has 198 valence electrons. The van der Waals surface area contributed by atoms with Crippen molar-refractivity contribution in [1.82, 2.24) is 30.2 Å². The SMILES string of the molecule is CCCCc1nc(Cl)c(COC(=O)[C@@H](N)CC(=O)O)n1Cc1ccc(-c2ccccc2-c2nn[nH]n2)cc1. The van der Waals surface area contributed by atoms with Crippen LogP contribution in [0, 0.1) is 0 Å². The maximum atomic E-state index is 12.2. The number of carbonyl (C=O) groups is 2. The monoisotopic (exact) mass is 537 g/mol. The predicted molar refractivity (Wildman–Crippen MR) is 140 cm³/mol. The number of tetrazole rings is 1. The van der Waals surface area contributed by atoms with Gasteiger partial charge in [0, 0.05) is 18.5 Å². The third kappa shape index (κ3) is 6.42. The minimum Gasteiger partial charge on any atom is -0.481 e. The minimum absolute atomic E-state index is 0.166. The number of nitrogens with zero attached hydrogens (tertiary/aromatic N) is 5. The van der Waals surface area contributed by atoms with Crippen LogP contribution in [0.4, 0.5) is 0 Å². The van der Waals surface area contributed by atoms with E-state index in [-0.39, 0.29) is 11.8 Å². The number of benzene rings is 2. The summed E-state index contributed by atoms with van der Waals surface area (Å²) in [6, 6.07) is 14.6. The molecule has 0 spiro atoms. The molecular formula is C26H28ClN7O4. The molecule has 0 saturated heterocycles. The molecule has 0 saturated carbocycles. The van der Waals surface area contributed by atoms with Gasteiger partial charge in [-0.3, -0.25) is 9.59 Å². The number of H-pyrrole nitrogens is 1. The summed E-state index contributed by atoms with van der Waals surface area (Å²) in [6.45, 7) is 2.38. The van der Waals surface area contributed by atoms with Crippen molar-refractivity contribution < 1.29 is 19.4 Å². The summed E-state index contributed by atoms with van der Waals surface area (Å²) in [6.07, 6.45) is 2.09. The third-order valence-electron chi connectivity index (χ3n) is 6.02. The second kappa shape index (κ2) is 12.4. The van der Waals surface area contributed by atoms with Crippen molar-refractivity contribution in [1.29, 1.82) is 0 Å². The van der Waals surface area contributed by atoms with Crippen molar-refractivity contribution in [2.24, 2.45) is 5.73 Å². The molecule has 0 aliphatic carbocycles. The van der Waals surface area contributed by atoms with Crippen LogP contribution in [0.2, 0.25) is 5.15 Å². The number of esters is 1. The summed E-state index contributed by atoms with van der Waals surface area (Å²) in [7, 11) is 0. The maximum absolute atomic E-state index is 12.2. The van der Waals surface area contributed by atoms with E-state index in [4.69, 9.17) is 27.2 Å². The number of aromatic amines is 1. The summed E-state index contributed by atoms with van der Waals surface area (Å²) in [4.78, 5) is 27.6. The van der Waals surface area contributed by atoms with Gasteiger partial charge in [0.05, 0.1) is 12.1 Å². The maximum Gasteiger partial charge on any atom is 0.323 e. The van der Waals surface area contributed by atoms with Gasteiger partial charge in [-0.2, -0.15) is 5.21 Å². The van der Waals surface area contributed by atoms with Crippen LogP contribution in [0.3, 0.4) is 0 Å². The molecule has 0 radical (unpaired) electrons. The fourth-order valence-corrected chi connectivity index (χ4v) is 4.31. The number of halogens is 1. The Labute approximate surface area is 224 Å². The molecule has 4 aromatic rings. The van der Waals surface area contributed by atoms with Gasteiger partial charge >= 0.3 is 11.9 Å². The van der Waals surface area contributed by atoms with Crippen molar-refractivity contribution in [3.8, 4) is 22.5 Å².